The van der Waals surface area contributed by atoms with Gasteiger partial charge in [0.15, 0.2) is 5.78 Å². The third-order valence-electron chi connectivity index (χ3n) is 8.36. The Balaban J connectivity index is 1.57. The Morgan fingerprint density at radius 3 is 2.25 bits per heavy atom. The highest BCUT2D eigenvalue weighted by Crippen LogP contribution is 2.47. The van der Waals surface area contributed by atoms with E-state index in [2.05, 4.69) is 55.3 Å². The Kier molecular flexibility index (Phi) is 8.69. The first kappa shape index (κ1) is 27.7. The molecule has 0 saturated carbocycles. The summed E-state index contributed by atoms with van der Waals surface area (Å²) in [6.45, 7) is 8.41. The third kappa shape index (κ3) is 5.56. The number of para-hydroxylation sites is 2. The molecule has 0 spiro atoms. The Morgan fingerprint density at radius 1 is 0.850 bits per heavy atom. The zero-order chi connectivity index (χ0) is 28.1. The average molecular weight is 536 g/mol. The summed E-state index contributed by atoms with van der Waals surface area (Å²) in [4.78, 5) is 32.3. The van der Waals surface area contributed by atoms with Crippen molar-refractivity contribution in [1.29, 1.82) is 0 Å². The Morgan fingerprint density at radius 2 is 1.55 bits per heavy atom. The summed E-state index contributed by atoms with van der Waals surface area (Å²) in [7, 11) is 0. The summed E-state index contributed by atoms with van der Waals surface area (Å²) in [6, 6.07) is 26.3. The maximum atomic E-state index is 14.2. The van der Waals surface area contributed by atoms with E-state index in [9.17, 15) is 9.59 Å². The minimum absolute atomic E-state index is 0.0622. The lowest BCUT2D eigenvalue weighted by atomic mass is 9.78. The van der Waals surface area contributed by atoms with Crippen molar-refractivity contribution < 1.29 is 9.59 Å². The van der Waals surface area contributed by atoms with Crippen molar-refractivity contribution in [2.45, 2.75) is 71.3 Å². The molecule has 5 rings (SSSR count). The molecule has 0 bridgehead atoms. The van der Waals surface area contributed by atoms with Crippen molar-refractivity contribution in [3.8, 4) is 0 Å². The van der Waals surface area contributed by atoms with Gasteiger partial charge in [0.25, 0.3) is 0 Å². The smallest absolute Gasteiger partial charge is 0.227 e. The number of anilines is 3. The molecule has 1 N–H and O–H groups in total. The van der Waals surface area contributed by atoms with Crippen LogP contribution in [0, 0.1) is 0 Å². The first-order valence-corrected chi connectivity index (χ1v) is 14.9. The number of carbonyl (C=O) groups excluding carboxylic acids is 2. The molecule has 0 radical (unpaired) electrons. The normalized spacial score (nSPS) is 18.5. The fourth-order valence-electron chi connectivity index (χ4n) is 6.24. The van der Waals surface area contributed by atoms with Gasteiger partial charge in [0.1, 0.15) is 0 Å². The van der Waals surface area contributed by atoms with Crippen LogP contribution in [0.1, 0.15) is 82.4 Å². The van der Waals surface area contributed by atoms with E-state index in [1.165, 1.54) is 11.3 Å². The standard InChI is InChI=1S/C35H41N3O2/c1-4-7-9-18-33(40)38-31-17-13-12-16-29(31)36-30-23-27(25-19-21-28(22-20-25)37(5-2)6-3)24-32(39)34(30)35(38)26-14-10-8-11-15-26/h8,10-17,19-22,27,35-36H,4-7,9,18,23-24H2,1-3H3/t27-,35-/m1/s1. The fourth-order valence-corrected chi connectivity index (χ4v) is 6.24. The average Bonchev–Trinajstić information content (AvgIpc) is 3.13. The molecule has 1 amide bonds. The second kappa shape index (κ2) is 12.5. The number of nitrogens with zero attached hydrogens (tertiary/aromatic N) is 2. The van der Waals surface area contributed by atoms with Gasteiger partial charge in [-0.15, -0.1) is 0 Å². The van der Waals surface area contributed by atoms with Gasteiger partial charge >= 0.3 is 0 Å². The zero-order valence-corrected chi connectivity index (χ0v) is 24.0. The number of carbonyl (C=O) groups is 2. The maximum Gasteiger partial charge on any atom is 0.227 e. The van der Waals surface area contributed by atoms with Crippen LogP contribution in [0.5, 0.6) is 0 Å². The van der Waals surface area contributed by atoms with Crippen LogP contribution in [0.25, 0.3) is 0 Å². The van der Waals surface area contributed by atoms with Gasteiger partial charge in [0.2, 0.25) is 5.91 Å². The number of ketones is 1. The zero-order valence-electron chi connectivity index (χ0n) is 24.0. The number of benzene rings is 3. The molecule has 2 aliphatic rings. The molecule has 3 aromatic rings. The molecule has 1 aliphatic heterocycles. The number of nitrogens with one attached hydrogen (secondary N) is 1. The van der Waals surface area contributed by atoms with Crippen LogP contribution in [0.15, 0.2) is 90.1 Å². The van der Waals surface area contributed by atoms with Crippen LogP contribution in [0.4, 0.5) is 17.1 Å². The molecule has 1 aliphatic carbocycles. The lowest BCUT2D eigenvalue weighted by Crippen LogP contribution is -2.38. The fraction of sp³-hybridized carbons (Fsp3) is 0.371. The summed E-state index contributed by atoms with van der Waals surface area (Å²) in [5.41, 5.74) is 6.72. The summed E-state index contributed by atoms with van der Waals surface area (Å²) >= 11 is 0. The minimum Gasteiger partial charge on any atom is -0.372 e. The molecule has 5 nitrogen and oxygen atoms in total. The number of hydrogen-bond acceptors (Lipinski definition) is 4. The number of allylic oxidation sites excluding steroid dienone is 1. The molecule has 0 saturated heterocycles. The molecule has 3 aromatic carbocycles. The van der Waals surface area contributed by atoms with Crippen molar-refractivity contribution in [2.75, 3.05) is 28.2 Å². The Hall–Kier alpha value is -3.86. The van der Waals surface area contributed by atoms with E-state index >= 15 is 0 Å². The van der Waals surface area contributed by atoms with Gasteiger partial charge in [-0.1, -0.05) is 74.4 Å². The Bertz CT molecular complexity index is 1360. The highest BCUT2D eigenvalue weighted by molar-refractivity contribution is 6.06. The molecule has 1 heterocycles. The van der Waals surface area contributed by atoms with E-state index in [4.69, 9.17) is 0 Å². The van der Waals surface area contributed by atoms with E-state index < -0.39 is 6.04 Å². The summed E-state index contributed by atoms with van der Waals surface area (Å²) in [5, 5.41) is 3.65. The monoisotopic (exact) mass is 535 g/mol. The molecule has 40 heavy (non-hydrogen) atoms. The lowest BCUT2D eigenvalue weighted by molar-refractivity contribution is -0.119. The number of unbranched alkanes of at least 4 members (excludes halogenated alkanes) is 2. The Labute approximate surface area is 238 Å². The first-order valence-electron chi connectivity index (χ1n) is 14.9. The molecular formula is C35H41N3O2. The van der Waals surface area contributed by atoms with Gasteiger partial charge in [0.05, 0.1) is 17.4 Å². The van der Waals surface area contributed by atoms with Gasteiger partial charge < -0.3 is 10.2 Å². The van der Waals surface area contributed by atoms with Crippen molar-refractivity contribution in [2.24, 2.45) is 0 Å². The summed E-state index contributed by atoms with van der Waals surface area (Å²) in [6.07, 6.45) is 4.53. The van der Waals surface area contributed by atoms with Gasteiger partial charge in [-0.2, -0.15) is 0 Å². The van der Waals surface area contributed by atoms with Crippen molar-refractivity contribution in [1.82, 2.24) is 0 Å². The molecule has 0 unspecified atom stereocenters. The van der Waals surface area contributed by atoms with Crippen LogP contribution in [-0.4, -0.2) is 24.8 Å². The topological polar surface area (TPSA) is 52.7 Å². The van der Waals surface area contributed by atoms with E-state index in [1.54, 1.807) is 0 Å². The second-order valence-electron chi connectivity index (χ2n) is 10.9. The molecule has 5 heteroatoms. The molecule has 208 valence electrons. The van der Waals surface area contributed by atoms with Crippen LogP contribution in [0.3, 0.4) is 0 Å². The van der Waals surface area contributed by atoms with Gasteiger partial charge in [-0.05, 0) is 68.0 Å². The van der Waals surface area contributed by atoms with Crippen molar-refractivity contribution in [3.05, 3.63) is 101 Å². The molecule has 0 fully saturated rings. The second-order valence-corrected chi connectivity index (χ2v) is 10.9. The predicted octanol–water partition coefficient (Wildman–Crippen LogP) is 8.01. The molecular weight excluding hydrogens is 494 g/mol. The molecule has 2 atom stereocenters. The van der Waals surface area contributed by atoms with Gasteiger partial charge in [-0.3, -0.25) is 14.5 Å². The van der Waals surface area contributed by atoms with Crippen LogP contribution < -0.4 is 15.1 Å². The SMILES string of the molecule is CCCCCC(=O)N1c2ccccc2NC2=C(C(=O)C[C@H](c3ccc(N(CC)CC)cc3)C2)[C@H]1c1ccccc1. The van der Waals surface area contributed by atoms with E-state index in [1.807, 2.05) is 59.5 Å². The van der Waals surface area contributed by atoms with Crippen LogP contribution >= 0.6 is 0 Å². The summed E-state index contributed by atoms with van der Waals surface area (Å²) in [5.74, 6) is 0.256. The van der Waals surface area contributed by atoms with Gasteiger partial charge in [-0.25, -0.2) is 0 Å². The lowest BCUT2D eigenvalue weighted by Gasteiger charge is -2.35. The highest BCUT2D eigenvalue weighted by atomic mass is 16.2. The number of amides is 1. The first-order chi connectivity index (χ1) is 19.5. The maximum absolute atomic E-state index is 14.2. The van der Waals surface area contributed by atoms with Crippen molar-refractivity contribution in [3.63, 3.8) is 0 Å². The largest absolute Gasteiger partial charge is 0.372 e. The summed E-state index contributed by atoms with van der Waals surface area (Å²) < 4.78 is 0. The van der Waals surface area contributed by atoms with E-state index in [-0.39, 0.29) is 17.6 Å². The highest BCUT2D eigenvalue weighted by Gasteiger charge is 2.41. The number of Topliss-reactive ketones (excluding diaryl/α,β-unsaturated/α-hetero) is 1. The van der Waals surface area contributed by atoms with Gasteiger partial charge in [0, 0.05) is 42.9 Å². The van der Waals surface area contributed by atoms with Crippen LogP contribution in [0.2, 0.25) is 0 Å². The number of fused-ring (bicyclic) bond motifs is 1. The predicted molar refractivity (Wildman–Crippen MR) is 165 cm³/mol. The van der Waals surface area contributed by atoms with Crippen LogP contribution in [-0.2, 0) is 9.59 Å². The van der Waals surface area contributed by atoms with E-state index in [0.717, 1.165) is 67.0 Å². The number of rotatable bonds is 9. The number of hydrogen-bond donors (Lipinski definition) is 1. The minimum atomic E-state index is -0.458. The quantitative estimate of drug-likeness (QED) is 0.282. The van der Waals surface area contributed by atoms with E-state index in [0.29, 0.717) is 12.8 Å². The molecule has 0 aromatic heterocycles. The van der Waals surface area contributed by atoms with Crippen molar-refractivity contribution >= 4 is 28.8 Å². The third-order valence-corrected chi connectivity index (χ3v) is 8.36.